The molecule has 5 nitrogen and oxygen atoms in total. The second kappa shape index (κ2) is 9.05. The Labute approximate surface area is 170 Å². The van der Waals surface area contributed by atoms with Gasteiger partial charge >= 0.3 is 6.09 Å². The van der Waals surface area contributed by atoms with Gasteiger partial charge in [0.1, 0.15) is 16.7 Å². The summed E-state index contributed by atoms with van der Waals surface area (Å²) in [6.45, 7) is 21.0. The maximum atomic E-state index is 12.5. The van der Waals surface area contributed by atoms with Gasteiger partial charge in [0, 0.05) is 11.6 Å². The lowest BCUT2D eigenvalue weighted by Crippen LogP contribution is -2.49. The molecule has 0 aromatic carbocycles. The molecule has 0 aliphatic heterocycles. The van der Waals surface area contributed by atoms with E-state index in [1.165, 1.54) is 0 Å². The third-order valence-electron chi connectivity index (χ3n) is 4.72. The predicted molar refractivity (Wildman–Crippen MR) is 116 cm³/mol. The van der Waals surface area contributed by atoms with Gasteiger partial charge in [-0.05, 0) is 51.2 Å². The van der Waals surface area contributed by atoms with Crippen molar-refractivity contribution < 1.29 is 14.0 Å². The minimum Gasteiger partial charge on any atom is -0.444 e. The summed E-state index contributed by atoms with van der Waals surface area (Å²) >= 11 is 1.57. The fourth-order valence-electron chi connectivity index (χ4n) is 2.40. The van der Waals surface area contributed by atoms with E-state index >= 15 is 0 Å². The fourth-order valence-corrected chi connectivity index (χ4v) is 4.48. The number of thiazole rings is 1. The Morgan fingerprint density at radius 2 is 1.81 bits per heavy atom. The van der Waals surface area contributed by atoms with Gasteiger partial charge in [-0.3, -0.25) is 0 Å². The van der Waals surface area contributed by atoms with Crippen molar-refractivity contribution in [1.29, 1.82) is 0 Å². The summed E-state index contributed by atoms with van der Waals surface area (Å²) in [5, 5.41) is 6.00. The van der Waals surface area contributed by atoms with E-state index in [4.69, 9.17) is 9.16 Å². The third kappa shape index (κ3) is 7.91. The number of carbonyl (C=O) groups is 1. The number of hydrogen-bond acceptors (Lipinski definition) is 5. The van der Waals surface area contributed by atoms with Gasteiger partial charge in [0.2, 0.25) is 0 Å². The molecule has 156 valence electrons. The first-order valence-corrected chi connectivity index (χ1v) is 13.5. The zero-order chi connectivity index (χ0) is 21.0. The van der Waals surface area contributed by atoms with Gasteiger partial charge < -0.3 is 14.5 Å². The molecule has 0 radical (unpaired) electrons. The zero-order valence-corrected chi connectivity index (χ0v) is 20.5. The second-order valence-electron chi connectivity index (χ2n) is 10.1. The van der Waals surface area contributed by atoms with Gasteiger partial charge in [-0.15, -0.1) is 11.3 Å². The van der Waals surface area contributed by atoms with Gasteiger partial charge in [-0.1, -0.05) is 34.6 Å². The predicted octanol–water partition coefficient (Wildman–Crippen LogP) is 6.15. The first-order chi connectivity index (χ1) is 12.1. The Kier molecular flexibility index (Phi) is 8.08. The summed E-state index contributed by atoms with van der Waals surface area (Å²) in [7, 11) is -2.06. The average molecular weight is 415 g/mol. The third-order valence-corrected chi connectivity index (χ3v) is 10.0. The first kappa shape index (κ1) is 24.1. The Balaban J connectivity index is 3.17. The van der Waals surface area contributed by atoms with Crippen molar-refractivity contribution in [2.24, 2.45) is 5.92 Å². The lowest BCUT2D eigenvalue weighted by Gasteiger charge is -2.41. The number of ether oxygens (including phenoxy) is 1. The van der Waals surface area contributed by atoms with Crippen LogP contribution >= 0.6 is 11.3 Å². The van der Waals surface area contributed by atoms with Crippen molar-refractivity contribution in [2.45, 2.75) is 97.7 Å². The van der Waals surface area contributed by atoms with E-state index in [0.717, 1.165) is 11.4 Å². The fraction of sp³-hybridized carbons (Fsp3) is 0.800. The van der Waals surface area contributed by atoms with Crippen LogP contribution in [0.5, 0.6) is 0 Å². The highest BCUT2D eigenvalue weighted by Crippen LogP contribution is 2.41. The molecule has 0 fully saturated rings. The van der Waals surface area contributed by atoms with Crippen LogP contribution in [0.25, 0.3) is 0 Å². The van der Waals surface area contributed by atoms with Crippen molar-refractivity contribution in [3.05, 3.63) is 16.6 Å². The molecule has 1 aromatic rings. The quantitative estimate of drug-likeness (QED) is 0.544. The van der Waals surface area contributed by atoms with Gasteiger partial charge in [0.05, 0.1) is 6.04 Å². The maximum Gasteiger partial charge on any atom is 0.407 e. The minimum atomic E-state index is -2.06. The first-order valence-electron chi connectivity index (χ1n) is 9.69. The highest BCUT2D eigenvalue weighted by Gasteiger charge is 2.42. The number of aromatic nitrogens is 1. The summed E-state index contributed by atoms with van der Waals surface area (Å²) < 4.78 is 12.3. The van der Waals surface area contributed by atoms with Crippen LogP contribution in [0.15, 0.2) is 11.6 Å². The molecule has 2 atom stereocenters. The smallest absolute Gasteiger partial charge is 0.407 e. The molecule has 0 unspecified atom stereocenters. The summed E-state index contributed by atoms with van der Waals surface area (Å²) in [6, 6.07) is -0.194. The average Bonchev–Trinajstić information content (AvgIpc) is 2.93. The Morgan fingerprint density at radius 3 is 2.22 bits per heavy atom. The lowest BCUT2D eigenvalue weighted by atomic mass is 9.99. The van der Waals surface area contributed by atoms with Gasteiger partial charge in [-0.25, -0.2) is 9.78 Å². The van der Waals surface area contributed by atoms with E-state index in [9.17, 15) is 4.79 Å². The van der Waals surface area contributed by atoms with Crippen LogP contribution in [0, 0.1) is 5.92 Å². The zero-order valence-electron chi connectivity index (χ0n) is 18.7. The number of alkyl carbamates (subject to hydrolysis) is 1. The number of hydrogen-bond donors (Lipinski definition) is 1. The van der Waals surface area contributed by atoms with Crippen molar-refractivity contribution >= 4 is 25.7 Å². The summed E-state index contributed by atoms with van der Waals surface area (Å²) in [5.74, 6) is 0.399. The van der Waals surface area contributed by atoms with Crippen LogP contribution in [-0.2, 0) is 9.16 Å². The highest BCUT2D eigenvalue weighted by molar-refractivity contribution is 7.09. The number of nitrogens with zero attached hydrogens (tertiary/aromatic N) is 1. The van der Waals surface area contributed by atoms with Crippen molar-refractivity contribution in [2.75, 3.05) is 0 Å². The summed E-state index contributed by atoms with van der Waals surface area (Å²) in [6.07, 6.45) is 1.90. The molecule has 1 aromatic heterocycles. The number of carbonyl (C=O) groups excluding carboxylic acids is 1. The second-order valence-corrected chi connectivity index (χ2v) is 15.7. The maximum absolute atomic E-state index is 12.5. The van der Waals surface area contributed by atoms with E-state index in [2.05, 4.69) is 58.0 Å². The molecule has 0 aliphatic carbocycles. The van der Waals surface area contributed by atoms with E-state index in [1.807, 2.05) is 26.2 Å². The Morgan fingerprint density at radius 1 is 1.22 bits per heavy atom. The van der Waals surface area contributed by atoms with E-state index < -0.39 is 20.0 Å². The lowest BCUT2D eigenvalue weighted by molar-refractivity contribution is 0.0415. The van der Waals surface area contributed by atoms with E-state index in [0.29, 0.717) is 5.92 Å². The number of amides is 1. The normalized spacial score (nSPS) is 15.5. The summed E-state index contributed by atoms with van der Waals surface area (Å²) in [4.78, 5) is 17.0. The molecule has 1 rings (SSSR count). The van der Waals surface area contributed by atoms with Crippen molar-refractivity contribution in [1.82, 2.24) is 10.3 Å². The topological polar surface area (TPSA) is 60.5 Å². The van der Waals surface area contributed by atoms with Crippen LogP contribution in [-0.4, -0.2) is 31.0 Å². The number of nitrogens with one attached hydrogen (secondary N) is 1. The van der Waals surface area contributed by atoms with Crippen LogP contribution < -0.4 is 5.32 Å². The molecule has 27 heavy (non-hydrogen) atoms. The molecule has 0 spiro atoms. The minimum absolute atomic E-state index is 0.0663. The SMILES string of the molecule is CC(C)C[C@H](NC(=O)OC(C)(C)C)[C@@H](O[Si](C)(C)C(C)(C)C)c1nccs1. The Bertz CT molecular complexity index is 589. The molecule has 0 bridgehead atoms. The molecular weight excluding hydrogens is 376 g/mol. The Hall–Kier alpha value is -0.923. The molecule has 0 aliphatic rings. The molecular formula is C20H38N2O3SSi. The van der Waals surface area contributed by atoms with Gasteiger partial charge in [0.25, 0.3) is 0 Å². The largest absolute Gasteiger partial charge is 0.444 e. The molecule has 0 saturated carbocycles. The monoisotopic (exact) mass is 414 g/mol. The molecule has 1 heterocycles. The molecule has 1 amide bonds. The number of rotatable bonds is 7. The van der Waals surface area contributed by atoms with Gasteiger partial charge in [0.15, 0.2) is 8.32 Å². The van der Waals surface area contributed by atoms with Crippen LogP contribution in [0.3, 0.4) is 0 Å². The van der Waals surface area contributed by atoms with Crippen molar-refractivity contribution in [3.63, 3.8) is 0 Å². The van der Waals surface area contributed by atoms with E-state index in [1.54, 1.807) is 17.5 Å². The summed E-state index contributed by atoms with van der Waals surface area (Å²) in [5.41, 5.74) is -0.538. The highest BCUT2D eigenvalue weighted by atomic mass is 32.1. The van der Waals surface area contributed by atoms with Crippen LogP contribution in [0.4, 0.5) is 4.79 Å². The van der Waals surface area contributed by atoms with Gasteiger partial charge in [-0.2, -0.15) is 0 Å². The standard InChI is InChI=1S/C20H38N2O3SSi/c1-14(2)13-15(22-18(23)24-19(3,4)5)16(17-21-11-12-26-17)25-27(9,10)20(6,7)8/h11-12,14-16H,13H2,1-10H3,(H,22,23)/t15-,16+/m0/s1. The molecule has 0 saturated heterocycles. The van der Waals surface area contributed by atoms with Crippen LogP contribution in [0.2, 0.25) is 18.1 Å². The molecule has 1 N–H and O–H groups in total. The van der Waals surface area contributed by atoms with E-state index in [-0.39, 0.29) is 17.2 Å². The van der Waals surface area contributed by atoms with Crippen LogP contribution in [0.1, 0.15) is 72.9 Å². The molecule has 7 heteroatoms. The van der Waals surface area contributed by atoms with Crippen molar-refractivity contribution in [3.8, 4) is 0 Å².